The molecule has 0 aliphatic heterocycles. The van der Waals surface area contributed by atoms with E-state index in [0.29, 0.717) is 0 Å². The molecule has 1 aromatic rings. The smallest absolute Gasteiger partial charge is 0.308 e. The van der Waals surface area contributed by atoms with Crippen LogP contribution in [0.4, 0.5) is 0 Å². The maximum absolute atomic E-state index is 11.1. The van der Waals surface area contributed by atoms with Crippen LogP contribution in [-0.2, 0) is 14.6 Å². The minimum atomic E-state index is -3.41. The fourth-order valence-corrected chi connectivity index (χ4v) is 1.66. The quantitative estimate of drug-likeness (QED) is 0.579. The van der Waals surface area contributed by atoms with Crippen LogP contribution in [-0.4, -0.2) is 25.6 Å². The summed E-state index contributed by atoms with van der Waals surface area (Å²) in [7, 11) is -3.41. The zero-order chi connectivity index (χ0) is 11.6. The van der Waals surface area contributed by atoms with E-state index >= 15 is 0 Å². The van der Waals surface area contributed by atoms with Crippen LogP contribution < -0.4 is 4.74 Å². The monoisotopic (exact) mass is 249 g/mol. The van der Waals surface area contributed by atoms with E-state index in [0.717, 1.165) is 6.26 Å². The Morgan fingerprint density at radius 2 is 2.07 bits per heavy atom. The van der Waals surface area contributed by atoms with Crippen LogP contribution in [0.5, 0.6) is 5.75 Å². The molecular formula is C8H8ClNO4S. The van der Waals surface area contributed by atoms with E-state index in [-0.39, 0.29) is 15.9 Å². The van der Waals surface area contributed by atoms with Gasteiger partial charge in [0.2, 0.25) is 0 Å². The summed E-state index contributed by atoms with van der Waals surface area (Å²) < 4.78 is 26.9. The highest BCUT2D eigenvalue weighted by atomic mass is 35.5. The first-order chi connectivity index (χ1) is 6.80. The van der Waals surface area contributed by atoms with Gasteiger partial charge in [0.05, 0.1) is 0 Å². The summed E-state index contributed by atoms with van der Waals surface area (Å²) in [5.74, 6) is -0.512. The third-order valence-electron chi connectivity index (χ3n) is 1.42. The molecule has 0 atom stereocenters. The largest absolute Gasteiger partial charge is 0.423 e. The average molecular weight is 250 g/mol. The number of rotatable bonds is 2. The SMILES string of the molecule is CC(=O)Oc1ccc(S(C)(=O)=O)nc1Cl. The standard InChI is InChI=1S/C8H8ClNO4S/c1-5(11)14-6-3-4-7(10-8(6)9)15(2,12)13/h3-4H,1-2H3. The molecule has 82 valence electrons. The summed E-state index contributed by atoms with van der Waals surface area (Å²) in [5.41, 5.74) is 0. The molecular weight excluding hydrogens is 242 g/mol. The van der Waals surface area contributed by atoms with E-state index in [4.69, 9.17) is 11.6 Å². The van der Waals surface area contributed by atoms with Crippen molar-refractivity contribution >= 4 is 27.4 Å². The predicted octanol–water partition coefficient (Wildman–Crippen LogP) is 1.06. The lowest BCUT2D eigenvalue weighted by Crippen LogP contribution is -2.05. The second-order valence-electron chi connectivity index (χ2n) is 2.80. The third kappa shape index (κ3) is 3.17. The zero-order valence-electron chi connectivity index (χ0n) is 8.02. The molecule has 0 amide bonds. The van der Waals surface area contributed by atoms with Gasteiger partial charge in [-0.15, -0.1) is 0 Å². The topological polar surface area (TPSA) is 73.3 Å². The van der Waals surface area contributed by atoms with Crippen LogP contribution in [0.15, 0.2) is 17.2 Å². The van der Waals surface area contributed by atoms with Crippen molar-refractivity contribution in [1.82, 2.24) is 4.98 Å². The molecule has 0 saturated heterocycles. The fourth-order valence-electron chi connectivity index (χ4n) is 0.842. The number of hydrogen-bond donors (Lipinski definition) is 0. The van der Waals surface area contributed by atoms with Gasteiger partial charge < -0.3 is 4.74 Å². The lowest BCUT2D eigenvalue weighted by Gasteiger charge is -2.04. The molecule has 0 spiro atoms. The average Bonchev–Trinajstić information content (AvgIpc) is 2.05. The number of pyridine rings is 1. The summed E-state index contributed by atoms with van der Waals surface area (Å²) in [6.45, 7) is 1.21. The van der Waals surface area contributed by atoms with Crippen LogP contribution >= 0.6 is 11.6 Å². The van der Waals surface area contributed by atoms with Crippen molar-refractivity contribution in [2.45, 2.75) is 11.9 Å². The van der Waals surface area contributed by atoms with Gasteiger partial charge in [-0.25, -0.2) is 13.4 Å². The van der Waals surface area contributed by atoms with Gasteiger partial charge in [-0.3, -0.25) is 4.79 Å². The number of carbonyl (C=O) groups is 1. The highest BCUT2D eigenvalue weighted by Crippen LogP contribution is 2.23. The highest BCUT2D eigenvalue weighted by Gasteiger charge is 2.13. The Hall–Kier alpha value is -1.14. The number of hydrogen-bond acceptors (Lipinski definition) is 5. The lowest BCUT2D eigenvalue weighted by molar-refractivity contribution is -0.131. The second-order valence-corrected chi connectivity index (χ2v) is 5.12. The molecule has 15 heavy (non-hydrogen) atoms. The van der Waals surface area contributed by atoms with Crippen molar-refractivity contribution in [2.24, 2.45) is 0 Å². The molecule has 0 saturated carbocycles. The van der Waals surface area contributed by atoms with E-state index in [1.807, 2.05) is 0 Å². The Kier molecular flexibility index (Phi) is 3.31. The van der Waals surface area contributed by atoms with Crippen molar-refractivity contribution in [3.05, 3.63) is 17.3 Å². The van der Waals surface area contributed by atoms with E-state index in [1.54, 1.807) is 0 Å². The number of ether oxygens (including phenoxy) is 1. The molecule has 1 aromatic heterocycles. The van der Waals surface area contributed by atoms with Crippen LogP contribution in [0.25, 0.3) is 0 Å². The van der Waals surface area contributed by atoms with Gasteiger partial charge in [0.25, 0.3) is 0 Å². The molecule has 1 rings (SSSR count). The lowest BCUT2D eigenvalue weighted by atomic mass is 10.4. The van der Waals surface area contributed by atoms with Crippen LogP contribution in [0.2, 0.25) is 5.15 Å². The number of esters is 1. The van der Waals surface area contributed by atoms with Crippen LogP contribution in [0.3, 0.4) is 0 Å². The molecule has 7 heteroatoms. The van der Waals surface area contributed by atoms with Crippen molar-refractivity contribution in [1.29, 1.82) is 0 Å². The third-order valence-corrected chi connectivity index (χ3v) is 2.68. The molecule has 0 aromatic carbocycles. The summed E-state index contributed by atoms with van der Waals surface area (Å²) in [5, 5.41) is -0.323. The number of halogens is 1. The second kappa shape index (κ2) is 4.16. The summed E-state index contributed by atoms with van der Waals surface area (Å²) >= 11 is 5.63. The number of sulfone groups is 1. The van der Waals surface area contributed by atoms with E-state index in [9.17, 15) is 13.2 Å². The first-order valence-electron chi connectivity index (χ1n) is 3.85. The van der Waals surface area contributed by atoms with Gasteiger partial charge in [0.1, 0.15) is 0 Å². The molecule has 5 nitrogen and oxygen atoms in total. The van der Waals surface area contributed by atoms with Crippen molar-refractivity contribution in [3.8, 4) is 5.75 Å². The van der Waals surface area contributed by atoms with Crippen molar-refractivity contribution in [3.63, 3.8) is 0 Å². The minimum Gasteiger partial charge on any atom is -0.423 e. The number of carbonyl (C=O) groups excluding carboxylic acids is 1. The summed E-state index contributed by atoms with van der Waals surface area (Å²) in [6.07, 6.45) is 1.01. The van der Waals surface area contributed by atoms with Gasteiger partial charge in [-0.1, -0.05) is 11.6 Å². The van der Waals surface area contributed by atoms with Gasteiger partial charge in [-0.05, 0) is 12.1 Å². The van der Waals surface area contributed by atoms with E-state index in [2.05, 4.69) is 9.72 Å². The number of nitrogens with zero attached hydrogens (tertiary/aromatic N) is 1. The van der Waals surface area contributed by atoms with Gasteiger partial charge >= 0.3 is 5.97 Å². The fraction of sp³-hybridized carbons (Fsp3) is 0.250. The molecule has 0 unspecified atom stereocenters. The molecule has 0 N–H and O–H groups in total. The maximum atomic E-state index is 11.1. The Balaban J connectivity index is 3.15. The summed E-state index contributed by atoms with van der Waals surface area (Å²) in [4.78, 5) is 14.2. The molecule has 0 aliphatic carbocycles. The molecule has 0 radical (unpaired) electrons. The molecule has 0 bridgehead atoms. The Morgan fingerprint density at radius 3 is 2.47 bits per heavy atom. The number of aromatic nitrogens is 1. The molecule has 0 aliphatic rings. The first-order valence-corrected chi connectivity index (χ1v) is 6.12. The normalized spacial score (nSPS) is 11.1. The Labute approximate surface area is 91.9 Å². The van der Waals surface area contributed by atoms with Crippen LogP contribution in [0.1, 0.15) is 6.92 Å². The Morgan fingerprint density at radius 1 is 1.47 bits per heavy atom. The molecule has 0 fully saturated rings. The maximum Gasteiger partial charge on any atom is 0.308 e. The van der Waals surface area contributed by atoms with E-state index in [1.165, 1.54) is 19.1 Å². The predicted molar refractivity (Wildman–Crippen MR) is 53.7 cm³/mol. The van der Waals surface area contributed by atoms with E-state index < -0.39 is 15.8 Å². The van der Waals surface area contributed by atoms with Gasteiger partial charge in [0.15, 0.2) is 25.8 Å². The zero-order valence-corrected chi connectivity index (χ0v) is 9.59. The van der Waals surface area contributed by atoms with Gasteiger partial charge in [0, 0.05) is 13.2 Å². The summed E-state index contributed by atoms with van der Waals surface area (Å²) in [6, 6.07) is 2.51. The Bertz CT molecular complexity index is 497. The van der Waals surface area contributed by atoms with Gasteiger partial charge in [-0.2, -0.15) is 0 Å². The highest BCUT2D eigenvalue weighted by molar-refractivity contribution is 7.90. The first kappa shape index (κ1) is 11.9. The van der Waals surface area contributed by atoms with Crippen molar-refractivity contribution in [2.75, 3.05) is 6.26 Å². The minimum absolute atomic E-state index is 0.0385. The van der Waals surface area contributed by atoms with Crippen LogP contribution in [0, 0.1) is 0 Å². The molecule has 1 heterocycles. The van der Waals surface area contributed by atoms with Crippen molar-refractivity contribution < 1.29 is 17.9 Å².